The third-order valence-corrected chi connectivity index (χ3v) is 6.32. The first-order valence-corrected chi connectivity index (χ1v) is 13.0. The van der Waals surface area contributed by atoms with Crippen molar-refractivity contribution in [2.45, 2.75) is 0 Å². The van der Waals surface area contributed by atoms with Gasteiger partial charge < -0.3 is 12.3 Å². The zero-order chi connectivity index (χ0) is 24.0. The van der Waals surface area contributed by atoms with E-state index in [0.717, 1.165) is 36.1 Å². The summed E-state index contributed by atoms with van der Waals surface area (Å²) in [7, 11) is -1.20. The summed E-state index contributed by atoms with van der Waals surface area (Å²) in [6.07, 6.45) is 0. The molecule has 0 aliphatic rings. The van der Waals surface area contributed by atoms with Gasteiger partial charge in [-0.05, 0) is 36.1 Å². The Kier molecular flexibility index (Phi) is 11.5. The molecule has 3 rings (SSSR count). The molecule has 0 fully saturated rings. The summed E-state index contributed by atoms with van der Waals surface area (Å²) in [5, 5.41) is 0. The first kappa shape index (κ1) is 26.3. The van der Waals surface area contributed by atoms with Crippen molar-refractivity contribution in [3.63, 3.8) is 0 Å². The molecule has 0 N–H and O–H groups in total. The van der Waals surface area contributed by atoms with Crippen molar-refractivity contribution >= 4 is 60.8 Å². The Morgan fingerprint density at radius 2 is 0.765 bits per heavy atom. The number of ketones is 3. The fourth-order valence-electron chi connectivity index (χ4n) is 2.60. The van der Waals surface area contributed by atoms with Crippen molar-refractivity contribution in [3.05, 3.63) is 108 Å². The standard InChI is InChI=1S/C24H21BO6S3/c26-22(19-10-4-1-5-11-19)16-32-29-25(30-33-17-23(27)20-12-6-2-7-13-20)31-34-18-24(28)21-14-8-3-9-15-21/h1-15H,16-18H2. The Bertz CT molecular complexity index is 917. The molecule has 0 aliphatic carbocycles. The van der Waals surface area contributed by atoms with Gasteiger partial charge >= 0.3 is 7.32 Å². The molecule has 0 bridgehead atoms. The number of Topliss-reactive ketones (excluding diaryl/α,β-unsaturated/α-hetero) is 3. The molecule has 34 heavy (non-hydrogen) atoms. The third-order valence-electron chi connectivity index (χ3n) is 4.30. The van der Waals surface area contributed by atoms with Crippen LogP contribution < -0.4 is 0 Å². The Morgan fingerprint density at radius 1 is 0.500 bits per heavy atom. The average Bonchev–Trinajstić information content (AvgIpc) is 2.89. The number of hydrogen-bond donors (Lipinski definition) is 0. The molecule has 0 aliphatic heterocycles. The number of rotatable bonds is 15. The van der Waals surface area contributed by atoms with Crippen LogP contribution in [0.1, 0.15) is 31.1 Å². The van der Waals surface area contributed by atoms with Crippen molar-refractivity contribution in [3.8, 4) is 0 Å². The van der Waals surface area contributed by atoms with Crippen molar-refractivity contribution in [1.29, 1.82) is 0 Å². The first-order valence-electron chi connectivity index (χ1n) is 10.2. The molecule has 0 heterocycles. The van der Waals surface area contributed by atoms with E-state index in [4.69, 9.17) is 12.3 Å². The van der Waals surface area contributed by atoms with E-state index in [-0.39, 0.29) is 34.6 Å². The molecule has 0 spiro atoms. The van der Waals surface area contributed by atoms with Crippen LogP contribution in [0.5, 0.6) is 0 Å². The number of benzene rings is 3. The molecular formula is C24H21BO6S3. The van der Waals surface area contributed by atoms with E-state index in [0.29, 0.717) is 16.7 Å². The van der Waals surface area contributed by atoms with Crippen LogP contribution in [-0.4, -0.2) is 41.9 Å². The van der Waals surface area contributed by atoms with Gasteiger partial charge in [-0.3, -0.25) is 14.4 Å². The minimum atomic E-state index is -1.20. The highest BCUT2D eigenvalue weighted by Crippen LogP contribution is 2.20. The van der Waals surface area contributed by atoms with Crippen LogP contribution in [0.25, 0.3) is 0 Å². The summed E-state index contributed by atoms with van der Waals surface area (Å²) in [5.41, 5.74) is 1.72. The highest BCUT2D eigenvalue weighted by atomic mass is 32.2. The zero-order valence-electron chi connectivity index (χ0n) is 18.0. The molecule has 0 amide bonds. The Morgan fingerprint density at radius 3 is 1.03 bits per heavy atom. The van der Waals surface area contributed by atoms with Gasteiger partial charge in [0.15, 0.2) is 17.3 Å². The van der Waals surface area contributed by atoms with E-state index in [2.05, 4.69) is 0 Å². The fraction of sp³-hybridized carbons (Fsp3) is 0.125. The number of carbonyl (C=O) groups is 3. The van der Waals surface area contributed by atoms with Gasteiger partial charge in [-0.25, -0.2) is 0 Å². The smallest absolute Gasteiger partial charge is 0.315 e. The lowest BCUT2D eigenvalue weighted by molar-refractivity contribution is 0.101. The molecule has 0 saturated carbocycles. The van der Waals surface area contributed by atoms with Crippen LogP contribution in [-0.2, 0) is 12.3 Å². The maximum absolute atomic E-state index is 12.3. The van der Waals surface area contributed by atoms with Gasteiger partial charge in [-0.2, -0.15) is 0 Å². The normalized spacial score (nSPS) is 10.6. The van der Waals surface area contributed by atoms with Crippen molar-refractivity contribution < 1.29 is 26.7 Å². The van der Waals surface area contributed by atoms with Crippen LogP contribution in [0, 0.1) is 0 Å². The minimum absolute atomic E-state index is 0.0501. The lowest BCUT2D eigenvalue weighted by atomic mass is 10.2. The summed E-state index contributed by atoms with van der Waals surface area (Å²) < 4.78 is 16.5. The number of hydrogen-bond acceptors (Lipinski definition) is 9. The molecule has 0 saturated heterocycles. The first-order chi connectivity index (χ1) is 16.6. The van der Waals surface area contributed by atoms with Gasteiger partial charge in [-0.15, -0.1) is 0 Å². The van der Waals surface area contributed by atoms with E-state index in [9.17, 15) is 14.4 Å². The van der Waals surface area contributed by atoms with Crippen molar-refractivity contribution in [2.75, 3.05) is 17.3 Å². The zero-order valence-corrected chi connectivity index (χ0v) is 20.5. The predicted molar refractivity (Wildman–Crippen MR) is 139 cm³/mol. The van der Waals surface area contributed by atoms with Crippen LogP contribution in [0.4, 0.5) is 0 Å². The second-order valence-electron chi connectivity index (χ2n) is 6.73. The van der Waals surface area contributed by atoms with Crippen LogP contribution in [0.2, 0.25) is 0 Å². The van der Waals surface area contributed by atoms with Gasteiger partial charge in [0.05, 0.1) is 17.3 Å². The van der Waals surface area contributed by atoms with Crippen molar-refractivity contribution in [2.24, 2.45) is 0 Å². The Labute approximate surface area is 211 Å². The lowest BCUT2D eigenvalue weighted by Gasteiger charge is -2.11. The molecule has 3 aromatic carbocycles. The lowest BCUT2D eigenvalue weighted by Crippen LogP contribution is -2.21. The SMILES string of the molecule is O=C(CSOB(OSCC(=O)c1ccccc1)OSCC(=O)c1ccccc1)c1ccccc1. The largest absolute Gasteiger partial charge is 0.674 e. The summed E-state index contributed by atoms with van der Waals surface area (Å²) >= 11 is 2.64. The van der Waals surface area contributed by atoms with Gasteiger partial charge in [0.1, 0.15) is 0 Å². The van der Waals surface area contributed by atoms with E-state index in [1.807, 2.05) is 18.2 Å². The predicted octanol–water partition coefficient (Wildman–Crippen LogP) is 5.61. The number of carbonyl (C=O) groups excluding carboxylic acids is 3. The molecule has 0 atom stereocenters. The molecule has 174 valence electrons. The van der Waals surface area contributed by atoms with E-state index in [1.54, 1.807) is 72.8 Å². The van der Waals surface area contributed by atoms with Crippen LogP contribution >= 0.6 is 36.1 Å². The monoisotopic (exact) mass is 512 g/mol. The van der Waals surface area contributed by atoms with E-state index in [1.165, 1.54) is 0 Å². The fourth-order valence-corrected chi connectivity index (χ4v) is 4.34. The van der Waals surface area contributed by atoms with Crippen molar-refractivity contribution in [1.82, 2.24) is 0 Å². The van der Waals surface area contributed by atoms with Gasteiger partial charge in [0.2, 0.25) is 0 Å². The topological polar surface area (TPSA) is 78.9 Å². The molecule has 0 aromatic heterocycles. The quantitative estimate of drug-likeness (QED) is 0.147. The van der Waals surface area contributed by atoms with E-state index >= 15 is 0 Å². The summed E-state index contributed by atoms with van der Waals surface area (Å²) in [5.74, 6) is -0.174. The van der Waals surface area contributed by atoms with Gasteiger partial charge in [0.25, 0.3) is 0 Å². The highest BCUT2D eigenvalue weighted by molar-refractivity contribution is 7.98. The third kappa shape index (κ3) is 9.13. The average molecular weight is 512 g/mol. The molecule has 6 nitrogen and oxygen atoms in total. The second-order valence-corrected chi connectivity index (χ2v) is 8.88. The van der Waals surface area contributed by atoms with Crippen LogP contribution in [0.3, 0.4) is 0 Å². The van der Waals surface area contributed by atoms with Crippen LogP contribution in [0.15, 0.2) is 91.0 Å². The van der Waals surface area contributed by atoms with Gasteiger partial charge in [-0.1, -0.05) is 91.0 Å². The maximum atomic E-state index is 12.3. The summed E-state index contributed by atoms with van der Waals surface area (Å²) in [4.78, 5) is 36.8. The molecular weight excluding hydrogens is 491 g/mol. The summed E-state index contributed by atoms with van der Waals surface area (Å²) in [6, 6.07) is 26.6. The Balaban J connectivity index is 1.48. The molecule has 0 unspecified atom stereocenters. The van der Waals surface area contributed by atoms with Gasteiger partial charge in [0, 0.05) is 16.7 Å². The second kappa shape index (κ2) is 14.8. The molecule has 10 heteroatoms. The summed E-state index contributed by atoms with van der Waals surface area (Å²) in [6.45, 7) is 0. The Hall–Kier alpha value is -2.34. The highest BCUT2D eigenvalue weighted by Gasteiger charge is 2.26. The molecule has 3 aromatic rings. The maximum Gasteiger partial charge on any atom is 0.674 e. The van der Waals surface area contributed by atoms with E-state index < -0.39 is 7.32 Å². The minimum Gasteiger partial charge on any atom is -0.315 e. The molecule has 0 radical (unpaired) electrons.